The van der Waals surface area contributed by atoms with Crippen molar-refractivity contribution in [2.24, 2.45) is 16.0 Å². The average molecular weight is 324 g/mol. The molecule has 0 amide bonds. The molecule has 2 rings (SSSR count). The lowest BCUT2D eigenvalue weighted by Gasteiger charge is -2.15. The molecular formula is C12H13ClF3N3O2. The number of halogens is 4. The molecule has 0 aromatic heterocycles. The molecule has 1 heterocycles. The number of hydrogen-bond acceptors (Lipinski definition) is 5. The fourth-order valence-electron chi connectivity index (χ4n) is 1.80. The minimum absolute atomic E-state index is 0. The van der Waals surface area contributed by atoms with E-state index in [0.717, 1.165) is 0 Å². The lowest BCUT2D eigenvalue weighted by molar-refractivity contribution is -0.166. The molecule has 0 radical (unpaired) electrons. The van der Waals surface area contributed by atoms with Crippen LogP contribution in [0.2, 0.25) is 0 Å². The number of methoxy groups -OCH3 is 1. The van der Waals surface area contributed by atoms with Gasteiger partial charge in [-0.05, 0) is 12.0 Å². The van der Waals surface area contributed by atoms with E-state index in [1.807, 2.05) is 0 Å². The van der Waals surface area contributed by atoms with Crippen LogP contribution in [-0.2, 0) is 21.6 Å². The zero-order chi connectivity index (χ0) is 15.0. The molecule has 0 bridgehead atoms. The molecule has 1 aliphatic rings. The van der Waals surface area contributed by atoms with Gasteiger partial charge in [0.2, 0.25) is 0 Å². The molecule has 1 aliphatic heterocycles. The lowest BCUT2D eigenvalue weighted by Crippen LogP contribution is -2.33. The first-order valence-corrected chi connectivity index (χ1v) is 5.74. The quantitative estimate of drug-likeness (QED) is 0.864. The molecule has 9 heteroatoms. The highest BCUT2D eigenvalue weighted by molar-refractivity contribution is 5.85. The molecule has 0 aliphatic carbocycles. The standard InChI is InChI=1S/C12H12F3N3O2.ClH/c1-20-10(19)9(16)6-7-2-4-8(5-3-7)11(17-18-11)12(13,14)15;/h2-5,9H,6,16H2,1H3;1H. The van der Waals surface area contributed by atoms with Crippen LogP contribution in [0.1, 0.15) is 11.1 Å². The van der Waals surface area contributed by atoms with E-state index in [-0.39, 0.29) is 24.4 Å². The number of alkyl halides is 3. The van der Waals surface area contributed by atoms with E-state index < -0.39 is 23.9 Å². The van der Waals surface area contributed by atoms with Crippen LogP contribution in [0.3, 0.4) is 0 Å². The van der Waals surface area contributed by atoms with E-state index >= 15 is 0 Å². The van der Waals surface area contributed by atoms with Gasteiger partial charge >= 0.3 is 17.8 Å². The van der Waals surface area contributed by atoms with Gasteiger partial charge in [0.15, 0.2) is 0 Å². The second-order valence-corrected chi connectivity index (χ2v) is 4.40. The van der Waals surface area contributed by atoms with Crippen molar-refractivity contribution in [3.8, 4) is 0 Å². The number of esters is 1. The minimum atomic E-state index is -4.54. The first-order valence-electron chi connectivity index (χ1n) is 5.74. The Kier molecular flexibility index (Phi) is 4.95. The molecule has 0 fully saturated rings. The molecule has 1 aromatic carbocycles. The number of nitrogens with zero attached hydrogens (tertiary/aromatic N) is 2. The Morgan fingerprint density at radius 2 is 1.86 bits per heavy atom. The first-order chi connectivity index (χ1) is 9.30. The predicted molar refractivity (Wildman–Crippen MR) is 70.0 cm³/mol. The summed E-state index contributed by atoms with van der Waals surface area (Å²) in [5, 5.41) is 6.22. The molecule has 1 atom stereocenters. The van der Waals surface area contributed by atoms with Crippen LogP contribution in [0, 0.1) is 0 Å². The molecule has 116 valence electrons. The Labute approximate surface area is 124 Å². The number of benzene rings is 1. The summed E-state index contributed by atoms with van der Waals surface area (Å²) >= 11 is 0. The van der Waals surface area contributed by atoms with E-state index in [1.165, 1.54) is 31.4 Å². The van der Waals surface area contributed by atoms with E-state index in [2.05, 4.69) is 15.0 Å². The Bertz CT molecular complexity index is 540. The summed E-state index contributed by atoms with van der Waals surface area (Å²) in [6.07, 6.45) is -4.36. The normalized spacial score (nSPS) is 16.8. The number of ether oxygens (including phenoxy) is 1. The Balaban J connectivity index is 0.00000220. The molecule has 0 saturated carbocycles. The molecule has 2 N–H and O–H groups in total. The SMILES string of the molecule is COC(=O)C(N)Cc1ccc(C2(C(F)(F)F)N=N2)cc1.Cl. The molecule has 21 heavy (non-hydrogen) atoms. The number of carbonyl (C=O) groups excluding carboxylic acids is 1. The third-order valence-corrected chi connectivity index (χ3v) is 3.01. The van der Waals surface area contributed by atoms with E-state index in [4.69, 9.17) is 5.73 Å². The van der Waals surface area contributed by atoms with Gasteiger partial charge in [-0.2, -0.15) is 13.2 Å². The summed E-state index contributed by atoms with van der Waals surface area (Å²) < 4.78 is 42.8. The second kappa shape index (κ2) is 5.98. The van der Waals surface area contributed by atoms with Gasteiger partial charge in [-0.15, -0.1) is 22.6 Å². The summed E-state index contributed by atoms with van der Waals surface area (Å²) in [6, 6.07) is 4.65. The van der Waals surface area contributed by atoms with Gasteiger partial charge in [0, 0.05) is 5.56 Å². The maximum atomic E-state index is 12.8. The van der Waals surface area contributed by atoms with E-state index in [0.29, 0.717) is 5.56 Å². The topological polar surface area (TPSA) is 77.0 Å². The number of nitrogens with two attached hydrogens (primary N) is 1. The Morgan fingerprint density at radius 1 is 1.33 bits per heavy atom. The molecular weight excluding hydrogens is 311 g/mol. The second-order valence-electron chi connectivity index (χ2n) is 4.40. The molecule has 5 nitrogen and oxygen atoms in total. The molecule has 1 unspecified atom stereocenters. The Morgan fingerprint density at radius 3 is 2.24 bits per heavy atom. The fraction of sp³-hybridized carbons (Fsp3) is 0.417. The van der Waals surface area contributed by atoms with Crippen molar-refractivity contribution in [2.75, 3.05) is 7.11 Å². The summed E-state index contributed by atoms with van der Waals surface area (Å²) in [4.78, 5) is 11.2. The van der Waals surface area contributed by atoms with E-state index in [9.17, 15) is 18.0 Å². The number of hydrogen-bond donors (Lipinski definition) is 1. The van der Waals surface area contributed by atoms with Crippen LogP contribution in [-0.4, -0.2) is 25.3 Å². The summed E-state index contributed by atoms with van der Waals surface area (Å²) in [7, 11) is 1.22. The third-order valence-electron chi connectivity index (χ3n) is 3.01. The van der Waals surface area contributed by atoms with Gasteiger partial charge in [-0.3, -0.25) is 4.79 Å². The zero-order valence-electron chi connectivity index (χ0n) is 10.9. The summed E-state index contributed by atoms with van der Waals surface area (Å²) in [5.74, 6) is -0.576. The van der Waals surface area contributed by atoms with Crippen molar-refractivity contribution in [3.63, 3.8) is 0 Å². The fourth-order valence-corrected chi connectivity index (χ4v) is 1.80. The van der Waals surface area contributed by atoms with Crippen LogP contribution in [0.15, 0.2) is 34.5 Å². The number of rotatable bonds is 4. The maximum Gasteiger partial charge on any atom is 0.442 e. The van der Waals surface area contributed by atoms with Crippen molar-refractivity contribution in [2.45, 2.75) is 24.3 Å². The van der Waals surface area contributed by atoms with Gasteiger partial charge in [0.25, 0.3) is 0 Å². The van der Waals surface area contributed by atoms with Crippen LogP contribution in [0.4, 0.5) is 13.2 Å². The zero-order valence-corrected chi connectivity index (χ0v) is 11.7. The van der Waals surface area contributed by atoms with Crippen LogP contribution < -0.4 is 5.73 Å². The lowest BCUT2D eigenvalue weighted by atomic mass is 9.99. The van der Waals surface area contributed by atoms with Crippen molar-refractivity contribution in [1.29, 1.82) is 0 Å². The first kappa shape index (κ1) is 17.4. The smallest absolute Gasteiger partial charge is 0.442 e. The summed E-state index contributed by atoms with van der Waals surface area (Å²) in [6.45, 7) is 0. The minimum Gasteiger partial charge on any atom is -0.468 e. The van der Waals surface area contributed by atoms with Gasteiger partial charge in [-0.1, -0.05) is 24.3 Å². The molecule has 1 aromatic rings. The van der Waals surface area contributed by atoms with Crippen molar-refractivity contribution < 1.29 is 22.7 Å². The maximum absolute atomic E-state index is 12.8. The van der Waals surface area contributed by atoms with Gasteiger partial charge in [-0.25, -0.2) is 0 Å². The average Bonchev–Trinajstić information content (AvgIpc) is 3.19. The summed E-state index contributed by atoms with van der Waals surface area (Å²) in [5.41, 5.74) is 3.73. The molecule has 0 spiro atoms. The van der Waals surface area contributed by atoms with E-state index in [1.54, 1.807) is 0 Å². The van der Waals surface area contributed by atoms with Gasteiger partial charge < -0.3 is 10.5 Å². The van der Waals surface area contributed by atoms with Crippen molar-refractivity contribution >= 4 is 18.4 Å². The largest absolute Gasteiger partial charge is 0.468 e. The van der Waals surface area contributed by atoms with Crippen molar-refractivity contribution in [1.82, 2.24) is 0 Å². The van der Waals surface area contributed by atoms with Crippen LogP contribution in [0.5, 0.6) is 0 Å². The monoisotopic (exact) mass is 323 g/mol. The molecule has 0 saturated heterocycles. The van der Waals surface area contributed by atoms with Gasteiger partial charge in [0.1, 0.15) is 6.04 Å². The van der Waals surface area contributed by atoms with Gasteiger partial charge in [0.05, 0.1) is 7.11 Å². The van der Waals surface area contributed by atoms with Crippen molar-refractivity contribution in [3.05, 3.63) is 35.4 Å². The highest BCUT2D eigenvalue weighted by atomic mass is 35.5. The highest BCUT2D eigenvalue weighted by Gasteiger charge is 2.65. The van der Waals surface area contributed by atoms with Crippen LogP contribution in [0.25, 0.3) is 0 Å². The highest BCUT2D eigenvalue weighted by Crippen LogP contribution is 2.52. The predicted octanol–water partition coefficient (Wildman–Crippen LogP) is 2.33. The Hall–Kier alpha value is -1.67. The third kappa shape index (κ3) is 3.33. The van der Waals surface area contributed by atoms with Crippen LogP contribution >= 0.6 is 12.4 Å². The number of carbonyl (C=O) groups is 1.